The lowest BCUT2D eigenvalue weighted by molar-refractivity contribution is 0.673. The van der Waals surface area contributed by atoms with Crippen LogP contribution in [-0.4, -0.2) is 0 Å². The van der Waals surface area contributed by atoms with Crippen molar-refractivity contribution in [3.05, 3.63) is 210 Å². The molecule has 0 atom stereocenters. The van der Waals surface area contributed by atoms with Gasteiger partial charge in [-0.1, -0.05) is 146 Å². The van der Waals surface area contributed by atoms with Gasteiger partial charge in [-0.05, 0) is 75.8 Å². The van der Waals surface area contributed by atoms with Crippen molar-refractivity contribution >= 4 is 70.5 Å². The van der Waals surface area contributed by atoms with Crippen LogP contribution in [0.3, 0.4) is 0 Å². The van der Waals surface area contributed by atoms with Crippen LogP contribution in [0.15, 0.2) is 192 Å². The molecule has 244 valence electrons. The molecule has 11 rings (SSSR count). The van der Waals surface area contributed by atoms with Crippen LogP contribution in [-0.2, 0) is 5.41 Å². The van der Waals surface area contributed by atoms with Crippen LogP contribution in [0.4, 0.5) is 17.1 Å². The Kier molecular flexibility index (Phi) is 6.37. The SMILES string of the molecule is c1ccc(N(c2ccc(C3(c4ccccc4)c4ccccc4-c4ccccc43)cc2)c2cc3c4ccccc4oc3c3sc4ccccc4c23)cc1. The number of hydrogen-bond donors (Lipinski definition) is 0. The molecule has 0 spiro atoms. The predicted molar refractivity (Wildman–Crippen MR) is 219 cm³/mol. The van der Waals surface area contributed by atoms with Gasteiger partial charge in [0.05, 0.1) is 15.8 Å². The van der Waals surface area contributed by atoms with E-state index in [4.69, 9.17) is 4.42 Å². The van der Waals surface area contributed by atoms with E-state index in [1.165, 1.54) is 53.6 Å². The first-order valence-electron chi connectivity index (χ1n) is 17.8. The summed E-state index contributed by atoms with van der Waals surface area (Å²) in [5.74, 6) is 0. The van der Waals surface area contributed by atoms with Crippen molar-refractivity contribution in [2.75, 3.05) is 4.90 Å². The number of rotatable bonds is 5. The number of furan rings is 1. The Morgan fingerprint density at radius 2 is 1.02 bits per heavy atom. The summed E-state index contributed by atoms with van der Waals surface area (Å²) in [5.41, 5.74) is 12.5. The normalized spacial score (nSPS) is 13.2. The van der Waals surface area contributed by atoms with Gasteiger partial charge in [0.2, 0.25) is 0 Å². The molecule has 0 aliphatic heterocycles. The fourth-order valence-electron chi connectivity index (χ4n) is 8.80. The highest BCUT2D eigenvalue weighted by atomic mass is 32.1. The molecule has 8 aromatic carbocycles. The van der Waals surface area contributed by atoms with Gasteiger partial charge in [0, 0.05) is 37.6 Å². The highest BCUT2D eigenvalue weighted by molar-refractivity contribution is 7.26. The van der Waals surface area contributed by atoms with Crippen LogP contribution >= 0.6 is 11.3 Å². The molecular formula is C49H31NOS. The number of thiophene rings is 1. The van der Waals surface area contributed by atoms with Crippen molar-refractivity contribution in [3.8, 4) is 11.1 Å². The molecule has 0 fully saturated rings. The average Bonchev–Trinajstić information content (AvgIpc) is 3.88. The molecule has 0 saturated carbocycles. The van der Waals surface area contributed by atoms with Gasteiger partial charge < -0.3 is 9.32 Å². The average molecular weight is 682 g/mol. The molecule has 0 saturated heterocycles. The molecule has 0 bridgehead atoms. The highest BCUT2D eigenvalue weighted by Gasteiger charge is 2.45. The minimum Gasteiger partial charge on any atom is -0.455 e. The van der Waals surface area contributed by atoms with Gasteiger partial charge in [-0.15, -0.1) is 11.3 Å². The zero-order valence-corrected chi connectivity index (χ0v) is 29.0. The molecular weight excluding hydrogens is 651 g/mol. The Hall–Kier alpha value is -6.42. The Morgan fingerprint density at radius 3 is 1.75 bits per heavy atom. The largest absolute Gasteiger partial charge is 0.455 e. The Balaban J connectivity index is 1.19. The number of anilines is 3. The highest BCUT2D eigenvalue weighted by Crippen LogP contribution is 2.56. The molecule has 52 heavy (non-hydrogen) atoms. The van der Waals surface area contributed by atoms with Crippen molar-refractivity contribution in [1.82, 2.24) is 0 Å². The number of para-hydroxylation sites is 2. The summed E-state index contributed by atoms with van der Waals surface area (Å²) in [6, 6.07) is 68.4. The van der Waals surface area contributed by atoms with E-state index >= 15 is 0 Å². The van der Waals surface area contributed by atoms with Crippen LogP contribution in [0.25, 0.3) is 53.2 Å². The summed E-state index contributed by atoms with van der Waals surface area (Å²) < 4.78 is 9.04. The van der Waals surface area contributed by atoms with Crippen LogP contribution in [0.2, 0.25) is 0 Å². The number of benzene rings is 8. The minimum atomic E-state index is -0.448. The molecule has 0 amide bonds. The fourth-order valence-corrected chi connectivity index (χ4v) is 10.0. The van der Waals surface area contributed by atoms with E-state index in [2.05, 4.69) is 193 Å². The van der Waals surface area contributed by atoms with Crippen LogP contribution in [0.1, 0.15) is 22.3 Å². The first kappa shape index (κ1) is 29.3. The number of hydrogen-bond acceptors (Lipinski definition) is 3. The van der Waals surface area contributed by atoms with Gasteiger partial charge in [0.1, 0.15) is 5.58 Å². The second-order valence-corrected chi connectivity index (χ2v) is 14.7. The van der Waals surface area contributed by atoms with Gasteiger partial charge in [-0.3, -0.25) is 0 Å². The van der Waals surface area contributed by atoms with Crippen LogP contribution < -0.4 is 4.90 Å². The van der Waals surface area contributed by atoms with E-state index in [1.54, 1.807) is 0 Å². The van der Waals surface area contributed by atoms with E-state index in [9.17, 15) is 0 Å². The number of nitrogens with zero attached hydrogens (tertiary/aromatic N) is 1. The summed E-state index contributed by atoms with van der Waals surface area (Å²) in [5, 5.41) is 4.70. The molecule has 10 aromatic rings. The van der Waals surface area contributed by atoms with Gasteiger partial charge in [0.15, 0.2) is 5.58 Å². The molecule has 2 heterocycles. The molecule has 1 aliphatic carbocycles. The van der Waals surface area contributed by atoms with E-state index in [-0.39, 0.29) is 0 Å². The Morgan fingerprint density at radius 1 is 0.462 bits per heavy atom. The lowest BCUT2D eigenvalue weighted by Gasteiger charge is -2.34. The summed E-state index contributed by atoms with van der Waals surface area (Å²) in [4.78, 5) is 2.43. The summed E-state index contributed by atoms with van der Waals surface area (Å²) in [7, 11) is 0. The third-order valence-corrected chi connectivity index (χ3v) is 12.1. The van der Waals surface area contributed by atoms with Gasteiger partial charge >= 0.3 is 0 Å². The number of fused-ring (bicyclic) bond motifs is 10. The maximum atomic E-state index is 6.62. The van der Waals surface area contributed by atoms with Gasteiger partial charge in [-0.25, -0.2) is 0 Å². The second-order valence-electron chi connectivity index (χ2n) is 13.6. The van der Waals surface area contributed by atoms with Crippen molar-refractivity contribution in [1.29, 1.82) is 0 Å². The summed E-state index contributed by atoms with van der Waals surface area (Å²) in [6.07, 6.45) is 0. The molecule has 1 aliphatic rings. The molecule has 0 radical (unpaired) electrons. The molecule has 3 heteroatoms. The maximum Gasteiger partial charge on any atom is 0.153 e. The molecule has 0 N–H and O–H groups in total. The van der Waals surface area contributed by atoms with E-state index in [1.807, 2.05) is 11.3 Å². The van der Waals surface area contributed by atoms with E-state index < -0.39 is 5.41 Å². The van der Waals surface area contributed by atoms with Crippen LogP contribution in [0, 0.1) is 0 Å². The topological polar surface area (TPSA) is 16.4 Å². The van der Waals surface area contributed by atoms with E-state index in [0.717, 1.165) is 39.0 Å². The van der Waals surface area contributed by atoms with Crippen LogP contribution in [0.5, 0.6) is 0 Å². The first-order chi connectivity index (χ1) is 25.8. The third kappa shape index (κ3) is 4.06. The van der Waals surface area contributed by atoms with E-state index in [0.29, 0.717) is 0 Å². The summed E-state index contributed by atoms with van der Waals surface area (Å²) >= 11 is 1.81. The fraction of sp³-hybridized carbons (Fsp3) is 0.0204. The van der Waals surface area contributed by atoms with Gasteiger partial charge in [0.25, 0.3) is 0 Å². The Labute approximate surface area is 305 Å². The third-order valence-electron chi connectivity index (χ3n) is 10.9. The molecule has 2 nitrogen and oxygen atoms in total. The minimum absolute atomic E-state index is 0.448. The van der Waals surface area contributed by atoms with Crippen molar-refractivity contribution in [3.63, 3.8) is 0 Å². The molecule has 0 unspecified atom stereocenters. The second kappa shape index (κ2) is 11.3. The zero-order valence-electron chi connectivity index (χ0n) is 28.2. The van der Waals surface area contributed by atoms with Gasteiger partial charge in [-0.2, -0.15) is 0 Å². The first-order valence-corrected chi connectivity index (χ1v) is 18.6. The van der Waals surface area contributed by atoms with Crippen molar-refractivity contribution in [2.24, 2.45) is 0 Å². The Bertz CT molecular complexity index is 2910. The lowest BCUT2D eigenvalue weighted by atomic mass is 9.68. The van der Waals surface area contributed by atoms with Crippen molar-refractivity contribution < 1.29 is 4.42 Å². The zero-order chi connectivity index (χ0) is 34.2. The molecule has 2 aromatic heterocycles. The lowest BCUT2D eigenvalue weighted by Crippen LogP contribution is -2.28. The standard InChI is InChI=1S/C49H31NOS/c1-3-15-32(16-4-1)49(41-23-11-7-19-36(41)37-20-8-12-24-42(37)49)33-27-29-35(30-28-33)50(34-17-5-2-6-18-34)43-31-40-38-21-9-13-25-44(38)51-47(40)48-46(43)39-22-10-14-26-45(39)52-48/h1-31H. The van der Waals surface area contributed by atoms with Crippen molar-refractivity contribution in [2.45, 2.75) is 5.41 Å². The maximum absolute atomic E-state index is 6.62. The summed E-state index contributed by atoms with van der Waals surface area (Å²) in [6.45, 7) is 0. The monoisotopic (exact) mass is 681 g/mol. The smallest absolute Gasteiger partial charge is 0.153 e. The predicted octanol–water partition coefficient (Wildman–Crippen LogP) is 13.8. The quantitative estimate of drug-likeness (QED) is 0.180.